The fourth-order valence-corrected chi connectivity index (χ4v) is 1.95. The highest BCUT2D eigenvalue weighted by molar-refractivity contribution is 5.95. The number of anilines is 1. The summed E-state index contributed by atoms with van der Waals surface area (Å²) >= 11 is 0. The molecule has 1 amide bonds. The summed E-state index contributed by atoms with van der Waals surface area (Å²) in [6.45, 7) is 3.73. The molecule has 2 rings (SSSR count). The van der Waals surface area contributed by atoms with Crippen LogP contribution in [0.2, 0.25) is 0 Å². The maximum absolute atomic E-state index is 11.8. The van der Waals surface area contributed by atoms with Gasteiger partial charge in [-0.3, -0.25) is 4.79 Å². The first-order valence-electron chi connectivity index (χ1n) is 5.84. The van der Waals surface area contributed by atoms with E-state index in [9.17, 15) is 4.79 Å². The van der Waals surface area contributed by atoms with Crippen LogP contribution in [-0.2, 0) is 4.79 Å². The summed E-state index contributed by atoms with van der Waals surface area (Å²) in [5.41, 5.74) is 6.40. The minimum Gasteiger partial charge on any atom is -0.478 e. The van der Waals surface area contributed by atoms with Gasteiger partial charge in [0.1, 0.15) is 0 Å². The second kappa shape index (κ2) is 5.14. The lowest BCUT2D eigenvalue weighted by atomic mass is 10.1. The topological polar surface area (TPSA) is 68.5 Å². The van der Waals surface area contributed by atoms with E-state index in [2.05, 4.69) is 4.98 Å². The van der Waals surface area contributed by atoms with Crippen molar-refractivity contribution in [1.29, 1.82) is 0 Å². The number of carbonyl (C=O) groups excluding carboxylic acids is 1. The predicted octanol–water partition coefficient (Wildman–Crippen LogP) is 0.792. The van der Waals surface area contributed by atoms with Crippen molar-refractivity contribution in [2.24, 2.45) is 11.7 Å². The summed E-state index contributed by atoms with van der Waals surface area (Å²) in [4.78, 5) is 17.7. The number of aromatic nitrogens is 1. The summed E-state index contributed by atoms with van der Waals surface area (Å²) < 4.78 is 5.26. The molecule has 1 unspecified atom stereocenters. The van der Waals surface area contributed by atoms with Crippen LogP contribution < -0.4 is 15.4 Å². The Morgan fingerprint density at radius 3 is 2.94 bits per heavy atom. The van der Waals surface area contributed by atoms with Gasteiger partial charge in [0.15, 0.2) is 0 Å². The molecule has 92 valence electrons. The quantitative estimate of drug-likeness (QED) is 0.837. The Morgan fingerprint density at radius 1 is 1.59 bits per heavy atom. The largest absolute Gasteiger partial charge is 0.478 e. The third kappa shape index (κ3) is 2.55. The van der Waals surface area contributed by atoms with E-state index in [-0.39, 0.29) is 11.8 Å². The molecule has 0 saturated carbocycles. The van der Waals surface area contributed by atoms with E-state index >= 15 is 0 Å². The number of hydrogen-bond donors (Lipinski definition) is 1. The Morgan fingerprint density at radius 2 is 2.41 bits per heavy atom. The summed E-state index contributed by atoms with van der Waals surface area (Å²) in [7, 11) is 0. The van der Waals surface area contributed by atoms with Crippen LogP contribution in [0.3, 0.4) is 0 Å². The van der Waals surface area contributed by atoms with Crippen LogP contribution in [0.25, 0.3) is 0 Å². The normalized spacial score (nSPS) is 19.8. The van der Waals surface area contributed by atoms with E-state index in [1.807, 2.05) is 13.0 Å². The molecule has 2 heterocycles. The van der Waals surface area contributed by atoms with Crippen LogP contribution in [0.1, 0.15) is 13.3 Å². The molecule has 1 aliphatic rings. The van der Waals surface area contributed by atoms with Crippen molar-refractivity contribution in [3.63, 3.8) is 0 Å². The van der Waals surface area contributed by atoms with Gasteiger partial charge < -0.3 is 15.4 Å². The minimum absolute atomic E-state index is 0.117. The highest BCUT2D eigenvalue weighted by atomic mass is 16.5. The molecule has 0 aromatic carbocycles. The lowest BCUT2D eigenvalue weighted by Crippen LogP contribution is -2.25. The number of amides is 1. The highest BCUT2D eigenvalue weighted by Gasteiger charge is 2.29. The van der Waals surface area contributed by atoms with Crippen LogP contribution in [-0.4, -0.2) is 30.6 Å². The molecular formula is C12H17N3O2. The molecule has 0 aliphatic carbocycles. The lowest BCUT2D eigenvalue weighted by Gasteiger charge is -2.16. The van der Waals surface area contributed by atoms with Gasteiger partial charge in [-0.1, -0.05) is 0 Å². The molecule has 1 saturated heterocycles. The number of ether oxygens (including phenoxy) is 1. The van der Waals surface area contributed by atoms with Crippen molar-refractivity contribution in [3.05, 3.63) is 18.3 Å². The molecule has 5 nitrogen and oxygen atoms in total. The van der Waals surface area contributed by atoms with Gasteiger partial charge >= 0.3 is 0 Å². The molecule has 1 atom stereocenters. The first kappa shape index (κ1) is 11.9. The van der Waals surface area contributed by atoms with Crippen molar-refractivity contribution in [2.45, 2.75) is 13.3 Å². The van der Waals surface area contributed by atoms with E-state index in [0.717, 1.165) is 5.69 Å². The van der Waals surface area contributed by atoms with Crippen LogP contribution >= 0.6 is 0 Å². The van der Waals surface area contributed by atoms with Gasteiger partial charge in [0.05, 0.1) is 18.5 Å². The van der Waals surface area contributed by atoms with Crippen molar-refractivity contribution >= 4 is 11.6 Å². The fourth-order valence-electron chi connectivity index (χ4n) is 1.95. The number of hydrogen-bond acceptors (Lipinski definition) is 4. The Kier molecular flexibility index (Phi) is 3.58. The van der Waals surface area contributed by atoms with E-state index in [1.54, 1.807) is 17.2 Å². The summed E-state index contributed by atoms with van der Waals surface area (Å²) in [6.07, 6.45) is 2.20. The monoisotopic (exact) mass is 235 g/mol. The Labute approximate surface area is 101 Å². The van der Waals surface area contributed by atoms with Gasteiger partial charge in [-0.2, -0.15) is 0 Å². The first-order chi connectivity index (χ1) is 8.24. The summed E-state index contributed by atoms with van der Waals surface area (Å²) in [6, 6.07) is 3.64. The van der Waals surface area contributed by atoms with Gasteiger partial charge in [-0.15, -0.1) is 0 Å². The van der Waals surface area contributed by atoms with Gasteiger partial charge in [0.25, 0.3) is 0 Å². The summed E-state index contributed by atoms with van der Waals surface area (Å²) in [5, 5.41) is 0. The lowest BCUT2D eigenvalue weighted by molar-refractivity contribution is -0.117. The van der Waals surface area contributed by atoms with Crippen LogP contribution in [0, 0.1) is 5.92 Å². The Bertz CT molecular complexity index is 391. The molecule has 17 heavy (non-hydrogen) atoms. The fraction of sp³-hybridized carbons (Fsp3) is 0.500. The van der Waals surface area contributed by atoms with Crippen LogP contribution in [0.4, 0.5) is 5.69 Å². The molecule has 0 bridgehead atoms. The van der Waals surface area contributed by atoms with Crippen LogP contribution in [0.15, 0.2) is 18.3 Å². The number of nitrogens with zero attached hydrogens (tertiary/aromatic N) is 2. The second-order valence-electron chi connectivity index (χ2n) is 4.10. The third-order valence-corrected chi connectivity index (χ3v) is 2.86. The molecular weight excluding hydrogens is 218 g/mol. The average Bonchev–Trinajstić information content (AvgIpc) is 2.72. The maximum Gasteiger partial charge on any atom is 0.227 e. The standard InChI is InChI=1S/C12H17N3O2/c1-2-17-11-4-3-10(7-14-11)15-8-9(6-13)5-12(15)16/h3-4,7,9H,2,5-6,8,13H2,1H3. The van der Waals surface area contributed by atoms with Gasteiger partial charge in [0, 0.05) is 19.0 Å². The van der Waals surface area contributed by atoms with Crippen molar-refractivity contribution in [2.75, 3.05) is 24.6 Å². The molecule has 2 N–H and O–H groups in total. The maximum atomic E-state index is 11.8. The Hall–Kier alpha value is -1.62. The number of rotatable bonds is 4. The second-order valence-corrected chi connectivity index (χ2v) is 4.10. The van der Waals surface area contributed by atoms with Gasteiger partial charge in [0.2, 0.25) is 11.8 Å². The molecule has 1 aromatic heterocycles. The van der Waals surface area contributed by atoms with Crippen molar-refractivity contribution < 1.29 is 9.53 Å². The molecule has 0 radical (unpaired) electrons. The zero-order valence-corrected chi connectivity index (χ0v) is 9.93. The van der Waals surface area contributed by atoms with E-state index < -0.39 is 0 Å². The average molecular weight is 235 g/mol. The van der Waals surface area contributed by atoms with Crippen molar-refractivity contribution in [3.8, 4) is 5.88 Å². The van der Waals surface area contributed by atoms with E-state index in [0.29, 0.717) is 32.0 Å². The number of nitrogens with two attached hydrogens (primary N) is 1. The zero-order chi connectivity index (χ0) is 12.3. The number of carbonyl (C=O) groups is 1. The van der Waals surface area contributed by atoms with E-state index in [4.69, 9.17) is 10.5 Å². The molecule has 1 aliphatic heterocycles. The first-order valence-corrected chi connectivity index (χ1v) is 5.84. The Balaban J connectivity index is 2.09. The van der Waals surface area contributed by atoms with Gasteiger partial charge in [-0.25, -0.2) is 4.98 Å². The third-order valence-electron chi connectivity index (χ3n) is 2.86. The molecule has 1 aromatic rings. The SMILES string of the molecule is CCOc1ccc(N2CC(CN)CC2=O)cn1. The highest BCUT2D eigenvalue weighted by Crippen LogP contribution is 2.24. The summed E-state index contributed by atoms with van der Waals surface area (Å²) in [5.74, 6) is 0.957. The zero-order valence-electron chi connectivity index (χ0n) is 9.93. The number of pyridine rings is 1. The smallest absolute Gasteiger partial charge is 0.227 e. The van der Waals surface area contributed by atoms with Crippen LogP contribution in [0.5, 0.6) is 5.88 Å². The molecule has 5 heteroatoms. The molecule has 0 spiro atoms. The van der Waals surface area contributed by atoms with Gasteiger partial charge in [-0.05, 0) is 25.5 Å². The van der Waals surface area contributed by atoms with E-state index in [1.165, 1.54) is 0 Å². The minimum atomic E-state index is 0.117. The predicted molar refractivity (Wildman–Crippen MR) is 64.9 cm³/mol. The molecule has 1 fully saturated rings. The van der Waals surface area contributed by atoms with Crippen molar-refractivity contribution in [1.82, 2.24) is 4.98 Å².